The first-order chi connectivity index (χ1) is 12.7. The number of carbonyl (C=O) groups is 2. The van der Waals surface area contributed by atoms with Crippen LogP contribution in [0.4, 0.5) is 13.2 Å². The molecule has 0 spiro atoms. The number of carbonyl (C=O) groups excluding carboxylic acids is 2. The minimum absolute atomic E-state index is 0.0951. The summed E-state index contributed by atoms with van der Waals surface area (Å²) in [6, 6.07) is 3.92. The highest BCUT2D eigenvalue weighted by Gasteiger charge is 2.44. The van der Waals surface area contributed by atoms with Crippen LogP contribution in [0.25, 0.3) is 0 Å². The maximum absolute atomic E-state index is 12.9. The molecule has 3 fully saturated rings. The number of likely N-dealkylation sites (tertiary alicyclic amines) is 1. The van der Waals surface area contributed by atoms with Crippen LogP contribution < -0.4 is 0 Å². The van der Waals surface area contributed by atoms with E-state index < -0.39 is 24.5 Å². The average molecular weight is 384 g/mol. The third-order valence-corrected chi connectivity index (χ3v) is 5.69. The maximum Gasteiger partial charge on any atom is 0.406 e. The molecule has 0 bridgehead atoms. The molecule has 1 aromatic rings. The van der Waals surface area contributed by atoms with Crippen molar-refractivity contribution in [2.75, 3.05) is 13.1 Å². The van der Waals surface area contributed by atoms with Crippen molar-refractivity contribution in [3.8, 4) is 0 Å². The predicted molar refractivity (Wildman–Crippen MR) is 89.5 cm³/mol. The zero-order chi connectivity index (χ0) is 19.3. The van der Waals surface area contributed by atoms with Crippen LogP contribution in [0.2, 0.25) is 0 Å². The van der Waals surface area contributed by atoms with E-state index in [0.29, 0.717) is 24.1 Å². The third kappa shape index (κ3) is 4.14. The first-order valence-electron chi connectivity index (χ1n) is 9.45. The van der Waals surface area contributed by atoms with Gasteiger partial charge in [0.25, 0.3) is 0 Å². The molecule has 2 amide bonds. The van der Waals surface area contributed by atoms with Crippen LogP contribution in [0.1, 0.15) is 50.0 Å². The third-order valence-electron chi connectivity index (χ3n) is 5.69. The highest BCUT2D eigenvalue weighted by molar-refractivity contribution is 5.89. The van der Waals surface area contributed by atoms with E-state index in [1.807, 2.05) is 12.1 Å². The molecule has 8 heteroatoms. The molecule has 4 rings (SSSR count). The zero-order valence-corrected chi connectivity index (χ0v) is 15.2. The van der Waals surface area contributed by atoms with Gasteiger partial charge in [-0.05, 0) is 37.3 Å². The number of halogens is 3. The standard InChI is InChI=1S/C19H23F3N2O3/c1-11-6-15(11)16-5-4-14(27-16)9-24(13-2-3-13)18(26)12-7-17(25)23(8-12)10-19(20,21)22/h4-5,11-13,15H,2-3,6-10H2,1H3. The van der Waals surface area contributed by atoms with Gasteiger partial charge in [-0.15, -0.1) is 0 Å². The van der Waals surface area contributed by atoms with Crippen LogP contribution in [0.15, 0.2) is 16.5 Å². The monoisotopic (exact) mass is 384 g/mol. The van der Waals surface area contributed by atoms with Gasteiger partial charge in [0.1, 0.15) is 18.1 Å². The number of hydrogen-bond acceptors (Lipinski definition) is 3. The number of furan rings is 1. The van der Waals surface area contributed by atoms with Crippen LogP contribution in [-0.4, -0.2) is 46.9 Å². The molecule has 2 aliphatic carbocycles. The molecule has 1 aromatic heterocycles. The molecule has 2 saturated carbocycles. The summed E-state index contributed by atoms with van der Waals surface area (Å²) < 4.78 is 43.7. The highest BCUT2D eigenvalue weighted by atomic mass is 19.4. The lowest BCUT2D eigenvalue weighted by Crippen LogP contribution is -2.39. The molecule has 3 atom stereocenters. The number of hydrogen-bond donors (Lipinski definition) is 0. The summed E-state index contributed by atoms with van der Waals surface area (Å²) in [6.07, 6.45) is -1.73. The molecule has 0 N–H and O–H groups in total. The Kier molecular flexibility index (Phi) is 4.47. The average Bonchev–Trinajstić information content (AvgIpc) is 3.47. The highest BCUT2D eigenvalue weighted by Crippen LogP contribution is 2.47. The van der Waals surface area contributed by atoms with Gasteiger partial charge in [0.15, 0.2) is 0 Å². The lowest BCUT2D eigenvalue weighted by atomic mass is 10.1. The van der Waals surface area contributed by atoms with Gasteiger partial charge in [0.05, 0.1) is 12.5 Å². The fourth-order valence-corrected chi connectivity index (χ4v) is 3.88. The Morgan fingerprint density at radius 3 is 2.63 bits per heavy atom. The van der Waals surface area contributed by atoms with Crippen molar-refractivity contribution in [1.82, 2.24) is 9.80 Å². The molecule has 5 nitrogen and oxygen atoms in total. The molecule has 3 unspecified atom stereocenters. The van der Waals surface area contributed by atoms with Gasteiger partial charge in [-0.2, -0.15) is 13.2 Å². The fourth-order valence-electron chi connectivity index (χ4n) is 3.88. The van der Waals surface area contributed by atoms with Crippen molar-refractivity contribution >= 4 is 11.8 Å². The summed E-state index contributed by atoms with van der Waals surface area (Å²) in [5, 5.41) is 0. The fraction of sp³-hybridized carbons (Fsp3) is 0.684. The van der Waals surface area contributed by atoms with Gasteiger partial charge in [0.2, 0.25) is 11.8 Å². The summed E-state index contributed by atoms with van der Waals surface area (Å²) in [5.41, 5.74) is 0. The Bertz CT molecular complexity index is 741. The maximum atomic E-state index is 12.9. The Morgan fingerprint density at radius 1 is 1.33 bits per heavy atom. The first kappa shape index (κ1) is 18.4. The Labute approximate surface area is 155 Å². The molecule has 148 valence electrons. The van der Waals surface area contributed by atoms with E-state index >= 15 is 0 Å². The van der Waals surface area contributed by atoms with E-state index in [9.17, 15) is 22.8 Å². The minimum Gasteiger partial charge on any atom is -0.464 e. The second-order valence-corrected chi connectivity index (χ2v) is 8.11. The van der Waals surface area contributed by atoms with Crippen molar-refractivity contribution in [3.05, 3.63) is 23.7 Å². The topological polar surface area (TPSA) is 53.8 Å². The molecule has 27 heavy (non-hydrogen) atoms. The van der Waals surface area contributed by atoms with Gasteiger partial charge in [-0.25, -0.2) is 0 Å². The Morgan fingerprint density at radius 2 is 2.04 bits per heavy atom. The molecule has 1 saturated heterocycles. The van der Waals surface area contributed by atoms with Gasteiger partial charge in [-0.1, -0.05) is 6.92 Å². The lowest BCUT2D eigenvalue weighted by Gasteiger charge is -2.25. The van der Waals surface area contributed by atoms with Gasteiger partial charge in [-0.3, -0.25) is 9.59 Å². The molecule has 1 aliphatic heterocycles. The van der Waals surface area contributed by atoms with Crippen LogP contribution in [0.3, 0.4) is 0 Å². The van der Waals surface area contributed by atoms with Crippen molar-refractivity contribution < 1.29 is 27.2 Å². The largest absolute Gasteiger partial charge is 0.464 e. The van der Waals surface area contributed by atoms with Crippen LogP contribution >= 0.6 is 0 Å². The number of alkyl halides is 3. The zero-order valence-electron chi connectivity index (χ0n) is 15.2. The molecular weight excluding hydrogens is 361 g/mol. The van der Waals surface area contributed by atoms with Crippen molar-refractivity contribution in [2.24, 2.45) is 11.8 Å². The van der Waals surface area contributed by atoms with E-state index in [4.69, 9.17) is 4.42 Å². The molecule has 0 aromatic carbocycles. The Balaban J connectivity index is 1.41. The number of amides is 2. The van der Waals surface area contributed by atoms with E-state index in [1.54, 1.807) is 4.90 Å². The van der Waals surface area contributed by atoms with Crippen LogP contribution in [0, 0.1) is 11.8 Å². The second kappa shape index (κ2) is 6.56. The summed E-state index contributed by atoms with van der Waals surface area (Å²) in [6.45, 7) is 1.02. The smallest absolute Gasteiger partial charge is 0.406 e. The number of rotatable bonds is 6. The molecule has 2 heterocycles. The van der Waals surface area contributed by atoms with E-state index in [-0.39, 0.29) is 24.9 Å². The minimum atomic E-state index is -4.45. The van der Waals surface area contributed by atoms with Gasteiger partial charge < -0.3 is 14.2 Å². The number of nitrogens with zero attached hydrogens (tertiary/aromatic N) is 2. The first-order valence-corrected chi connectivity index (χ1v) is 9.45. The summed E-state index contributed by atoms with van der Waals surface area (Å²) in [5.74, 6) is 1.14. The van der Waals surface area contributed by atoms with Crippen LogP contribution in [0.5, 0.6) is 0 Å². The van der Waals surface area contributed by atoms with E-state index in [0.717, 1.165) is 29.9 Å². The quantitative estimate of drug-likeness (QED) is 0.756. The normalized spacial score (nSPS) is 27.9. The van der Waals surface area contributed by atoms with Crippen molar-refractivity contribution in [2.45, 2.75) is 57.3 Å². The summed E-state index contributed by atoms with van der Waals surface area (Å²) >= 11 is 0. The Hall–Kier alpha value is -1.99. The summed E-state index contributed by atoms with van der Waals surface area (Å²) in [4.78, 5) is 27.2. The molecule has 3 aliphatic rings. The molecular formula is C19H23F3N2O3. The lowest BCUT2D eigenvalue weighted by molar-refractivity contribution is -0.157. The van der Waals surface area contributed by atoms with Gasteiger partial charge >= 0.3 is 6.18 Å². The summed E-state index contributed by atoms with van der Waals surface area (Å²) in [7, 11) is 0. The van der Waals surface area contributed by atoms with Crippen molar-refractivity contribution in [3.63, 3.8) is 0 Å². The van der Waals surface area contributed by atoms with E-state index in [2.05, 4.69) is 6.92 Å². The van der Waals surface area contributed by atoms with Gasteiger partial charge in [0, 0.05) is 24.9 Å². The second-order valence-electron chi connectivity index (χ2n) is 8.11. The van der Waals surface area contributed by atoms with E-state index in [1.165, 1.54) is 0 Å². The van der Waals surface area contributed by atoms with Crippen LogP contribution in [-0.2, 0) is 16.1 Å². The van der Waals surface area contributed by atoms with Crippen molar-refractivity contribution in [1.29, 1.82) is 0 Å². The SMILES string of the molecule is CC1CC1c1ccc(CN(C(=O)C2CC(=O)N(CC(F)(F)F)C2)C2CC2)o1. The predicted octanol–water partition coefficient (Wildman–Crippen LogP) is 3.30. The molecule has 0 radical (unpaired) electrons.